The first-order valence-corrected chi connectivity index (χ1v) is 3.26. The van der Waals surface area contributed by atoms with E-state index in [2.05, 4.69) is 11.7 Å². The Labute approximate surface area is 98.2 Å². The molecule has 11 heavy (non-hydrogen) atoms. The maximum atomic E-state index is 10.6. The average molecular weight is 321 g/mol. The molecule has 0 rings (SSSR count). The molecule has 0 aromatic carbocycles. The predicted octanol–water partition coefficient (Wildman–Crippen LogP) is -1.44. The van der Waals surface area contributed by atoms with Gasteiger partial charge in [0.25, 0.3) is 0 Å². The fourth-order valence-corrected chi connectivity index (χ4v) is 0.502. The summed E-state index contributed by atoms with van der Waals surface area (Å²) in [5.74, 6) is -0.110. The monoisotopic (exact) mass is 320 g/mol. The van der Waals surface area contributed by atoms with Gasteiger partial charge < -0.3 is 28.7 Å². The quantitative estimate of drug-likeness (QED) is 0.360. The molecule has 0 aliphatic carbocycles. The molecule has 0 amide bonds. The second-order valence-corrected chi connectivity index (χ2v) is 1.76. The van der Waals surface area contributed by atoms with E-state index in [1.54, 1.807) is 0 Å². The van der Waals surface area contributed by atoms with Gasteiger partial charge in [-0.05, 0) is 13.3 Å². The van der Waals surface area contributed by atoms with Gasteiger partial charge in [-0.1, -0.05) is 13.3 Å². The molecule has 0 fully saturated rings. The predicted molar refractivity (Wildman–Crippen MR) is 35.8 cm³/mol. The number of hydrogen-bond acceptors (Lipinski definition) is 2. The molecule has 0 unspecified atom stereocenters. The summed E-state index contributed by atoms with van der Waals surface area (Å²) in [6.07, 6.45) is 2.15. The van der Waals surface area contributed by atoms with Crippen molar-refractivity contribution in [3.8, 4) is 0 Å². The molecule has 2 nitrogen and oxygen atoms in total. The van der Waals surface area contributed by atoms with Crippen molar-refractivity contribution in [3.63, 3.8) is 0 Å². The Balaban J connectivity index is -0.000000320. The van der Waals surface area contributed by atoms with Gasteiger partial charge in [-0.2, -0.15) is 0 Å². The third-order valence-electron chi connectivity index (χ3n) is 0.936. The van der Waals surface area contributed by atoms with Gasteiger partial charge in [-0.3, -0.25) is 4.79 Å². The zero-order valence-corrected chi connectivity index (χ0v) is 12.1. The topological polar surface area (TPSA) is 26.3 Å². The second-order valence-electron chi connectivity index (χ2n) is 1.76. The van der Waals surface area contributed by atoms with Crippen LogP contribution in [0.3, 0.4) is 0 Å². The fraction of sp³-hybridized carbons (Fsp3) is 0.714. The molecule has 0 aromatic heterocycles. The zero-order valence-electron chi connectivity index (χ0n) is 6.94. The number of rotatable bonds is 4. The molecule has 0 aliphatic rings. The third-order valence-corrected chi connectivity index (χ3v) is 0.936. The van der Waals surface area contributed by atoms with Crippen molar-refractivity contribution in [3.05, 3.63) is 6.92 Å². The van der Waals surface area contributed by atoms with E-state index in [0.717, 1.165) is 12.8 Å². The Kier molecular flexibility index (Phi) is 21.7. The molecule has 1 radical (unpaired) electrons. The van der Waals surface area contributed by atoms with Crippen molar-refractivity contribution in [2.75, 3.05) is 6.61 Å². The van der Waals surface area contributed by atoms with Crippen LogP contribution in [0.5, 0.6) is 0 Å². The largest absolute Gasteiger partial charge is 1.00 e. The van der Waals surface area contributed by atoms with E-state index < -0.39 is 0 Å². The van der Waals surface area contributed by atoms with Crippen LogP contribution in [0.1, 0.15) is 26.2 Å². The Morgan fingerprint density at radius 1 is 1.55 bits per heavy atom. The molecule has 63 valence electrons. The van der Waals surface area contributed by atoms with Crippen molar-refractivity contribution >= 4 is 5.97 Å². The number of hydrogen-bond donors (Lipinski definition) is 0. The Bertz CT molecular complexity index is 88.5. The maximum Gasteiger partial charge on any atom is 0.305 e. The summed E-state index contributed by atoms with van der Waals surface area (Å²) in [5.41, 5.74) is 0. The van der Waals surface area contributed by atoms with Gasteiger partial charge in [0, 0.05) is 25.9 Å². The van der Waals surface area contributed by atoms with Crippen LogP contribution in [0, 0.1) is 6.92 Å². The van der Waals surface area contributed by atoms with Gasteiger partial charge in [0.2, 0.25) is 0 Å². The van der Waals surface area contributed by atoms with E-state index in [0.29, 0.717) is 13.0 Å². The van der Waals surface area contributed by atoms with Crippen molar-refractivity contribution in [2.24, 2.45) is 0 Å². The minimum absolute atomic E-state index is 0. The van der Waals surface area contributed by atoms with Crippen LogP contribution in [-0.4, -0.2) is 12.6 Å². The zero-order chi connectivity index (χ0) is 7.11. The Morgan fingerprint density at radius 2 is 2.09 bits per heavy atom. The summed E-state index contributed by atoms with van der Waals surface area (Å²) in [4.78, 5) is 10.6. The normalized spacial score (nSPS) is 7.45. The van der Waals surface area contributed by atoms with E-state index in [4.69, 9.17) is 0 Å². The van der Waals surface area contributed by atoms with E-state index in [-0.39, 0.29) is 49.4 Å². The van der Waals surface area contributed by atoms with Gasteiger partial charge in [-0.15, -0.1) is 0 Å². The maximum absolute atomic E-state index is 10.6. The molecule has 4 heteroatoms. The molecule has 0 aromatic rings. The summed E-state index contributed by atoms with van der Waals surface area (Å²) in [5, 5.41) is 0. The van der Waals surface area contributed by atoms with Crippen molar-refractivity contribution in [2.45, 2.75) is 26.2 Å². The Morgan fingerprint density at radius 3 is 2.45 bits per heavy atom. The molecule has 0 heterocycles. The molecule has 0 spiro atoms. The SMILES string of the molecule is [CH2]CCCC(=O)OCC.[I-].[Zn]. The first kappa shape index (κ1) is 17.8. The van der Waals surface area contributed by atoms with Crippen LogP contribution in [0.25, 0.3) is 0 Å². The van der Waals surface area contributed by atoms with Gasteiger partial charge in [0.15, 0.2) is 0 Å². The molecule has 0 aliphatic heterocycles. The van der Waals surface area contributed by atoms with E-state index in [9.17, 15) is 4.79 Å². The van der Waals surface area contributed by atoms with Crippen LogP contribution in [0.15, 0.2) is 0 Å². The van der Waals surface area contributed by atoms with E-state index in [1.807, 2.05) is 6.92 Å². The van der Waals surface area contributed by atoms with Crippen LogP contribution in [-0.2, 0) is 29.0 Å². The van der Waals surface area contributed by atoms with Gasteiger partial charge >= 0.3 is 5.97 Å². The first-order valence-electron chi connectivity index (χ1n) is 3.26. The second kappa shape index (κ2) is 13.4. The van der Waals surface area contributed by atoms with Crippen molar-refractivity contribution < 1.29 is 53.0 Å². The van der Waals surface area contributed by atoms with Crippen LogP contribution in [0.4, 0.5) is 0 Å². The number of carbonyl (C=O) groups is 1. The van der Waals surface area contributed by atoms with E-state index >= 15 is 0 Å². The summed E-state index contributed by atoms with van der Waals surface area (Å²) < 4.78 is 4.68. The van der Waals surface area contributed by atoms with Gasteiger partial charge in [0.1, 0.15) is 0 Å². The van der Waals surface area contributed by atoms with Crippen LogP contribution < -0.4 is 24.0 Å². The molecule has 0 atom stereocenters. The van der Waals surface area contributed by atoms with E-state index in [1.165, 1.54) is 0 Å². The molecular weight excluding hydrogens is 308 g/mol. The molecule has 0 saturated carbocycles. The van der Waals surface area contributed by atoms with Crippen LogP contribution in [0.2, 0.25) is 0 Å². The number of halogens is 1. The van der Waals surface area contributed by atoms with Crippen LogP contribution >= 0.6 is 0 Å². The van der Waals surface area contributed by atoms with Gasteiger partial charge in [-0.25, -0.2) is 0 Å². The number of carbonyl (C=O) groups excluding carboxylic acids is 1. The number of unbranched alkanes of at least 4 members (excludes halogenated alkanes) is 1. The number of esters is 1. The van der Waals surface area contributed by atoms with Crippen molar-refractivity contribution in [1.29, 1.82) is 0 Å². The standard InChI is InChI=1S/C7H13O2.HI.Zn/c1-3-5-6-7(8)9-4-2;;/h1,3-6H2,2H3;1H;/p-1. The van der Waals surface area contributed by atoms with Gasteiger partial charge in [0.05, 0.1) is 6.61 Å². The summed E-state index contributed by atoms with van der Waals surface area (Å²) in [6.45, 7) is 5.90. The summed E-state index contributed by atoms with van der Waals surface area (Å²) in [7, 11) is 0. The smallest absolute Gasteiger partial charge is 0.305 e. The molecule has 0 N–H and O–H groups in total. The number of ether oxygens (including phenoxy) is 1. The first-order chi connectivity index (χ1) is 4.31. The molecule has 0 saturated heterocycles. The summed E-state index contributed by atoms with van der Waals surface area (Å²) >= 11 is 0. The Hall–Kier alpha value is 0.823. The molecular formula is C7H13IO2Zn-. The third kappa shape index (κ3) is 13.8. The minimum atomic E-state index is -0.110. The fourth-order valence-electron chi connectivity index (χ4n) is 0.502. The molecule has 0 bridgehead atoms. The van der Waals surface area contributed by atoms with Crippen molar-refractivity contribution in [1.82, 2.24) is 0 Å². The minimum Gasteiger partial charge on any atom is -1.00 e. The summed E-state index contributed by atoms with van der Waals surface area (Å²) in [6, 6.07) is 0. The average Bonchev–Trinajstić information content (AvgIpc) is 1.85.